The Bertz CT molecular complexity index is 143. The molecule has 0 amide bonds. The van der Waals surface area contributed by atoms with Gasteiger partial charge in [0, 0.05) is 6.04 Å². The molecule has 0 spiro atoms. The number of hydrogen-bond acceptors (Lipinski definition) is 2. The summed E-state index contributed by atoms with van der Waals surface area (Å²) >= 11 is 0. The van der Waals surface area contributed by atoms with Gasteiger partial charge >= 0.3 is 0 Å². The van der Waals surface area contributed by atoms with Gasteiger partial charge in [-0.15, -0.1) is 0 Å². The maximum atomic E-state index is 5.43. The second-order valence-electron chi connectivity index (χ2n) is 4.12. The molecule has 2 heteroatoms. The molecule has 0 rings (SSSR count). The summed E-state index contributed by atoms with van der Waals surface area (Å²) in [5, 5.41) is 0. The average Bonchev–Trinajstić information content (AvgIpc) is 2.16. The zero-order valence-electron chi connectivity index (χ0n) is 9.81. The van der Waals surface area contributed by atoms with Crippen LogP contribution in [0.2, 0.25) is 0 Å². The second kappa shape index (κ2) is 9.22. The van der Waals surface area contributed by atoms with Gasteiger partial charge in [0.1, 0.15) is 0 Å². The molecular weight excluding hydrogens is 172 g/mol. The Morgan fingerprint density at radius 2 is 1.79 bits per heavy atom. The van der Waals surface area contributed by atoms with E-state index in [9.17, 15) is 0 Å². The number of rotatable bonds is 9. The SMILES string of the molecule is C=C(C)C(CCCCCCCC)NN. The van der Waals surface area contributed by atoms with Crippen LogP contribution in [-0.4, -0.2) is 6.04 Å². The first-order valence-corrected chi connectivity index (χ1v) is 5.83. The summed E-state index contributed by atoms with van der Waals surface area (Å²) in [4.78, 5) is 0. The molecule has 0 aliphatic heterocycles. The molecule has 0 aromatic heterocycles. The quantitative estimate of drug-likeness (QED) is 0.258. The highest BCUT2D eigenvalue weighted by Crippen LogP contribution is 2.11. The van der Waals surface area contributed by atoms with Gasteiger partial charge in [0.05, 0.1) is 0 Å². The van der Waals surface area contributed by atoms with Crippen LogP contribution in [0.25, 0.3) is 0 Å². The molecule has 0 heterocycles. The standard InChI is InChI=1S/C12H26N2/c1-4-5-6-7-8-9-10-12(14-13)11(2)3/h12,14H,2,4-10,13H2,1,3H3. The van der Waals surface area contributed by atoms with Gasteiger partial charge in [0.25, 0.3) is 0 Å². The van der Waals surface area contributed by atoms with E-state index >= 15 is 0 Å². The molecule has 1 atom stereocenters. The van der Waals surface area contributed by atoms with Crippen LogP contribution in [-0.2, 0) is 0 Å². The molecule has 1 unspecified atom stereocenters. The van der Waals surface area contributed by atoms with Crippen LogP contribution < -0.4 is 11.3 Å². The van der Waals surface area contributed by atoms with Gasteiger partial charge in [0.2, 0.25) is 0 Å². The van der Waals surface area contributed by atoms with Gasteiger partial charge in [-0.2, -0.15) is 0 Å². The first-order valence-electron chi connectivity index (χ1n) is 5.83. The third-order valence-electron chi connectivity index (χ3n) is 2.64. The van der Waals surface area contributed by atoms with Crippen molar-refractivity contribution in [1.82, 2.24) is 5.43 Å². The summed E-state index contributed by atoms with van der Waals surface area (Å²) in [6, 6.07) is 0.307. The Morgan fingerprint density at radius 1 is 1.21 bits per heavy atom. The Kier molecular flexibility index (Phi) is 9.00. The molecule has 0 bridgehead atoms. The fourth-order valence-electron chi connectivity index (χ4n) is 1.60. The van der Waals surface area contributed by atoms with Crippen LogP contribution in [0.15, 0.2) is 12.2 Å². The summed E-state index contributed by atoms with van der Waals surface area (Å²) < 4.78 is 0. The predicted octanol–water partition coefficient (Wildman–Crippen LogP) is 3.15. The summed E-state index contributed by atoms with van der Waals surface area (Å²) in [6.45, 7) is 8.19. The van der Waals surface area contributed by atoms with Crippen LogP contribution in [0.1, 0.15) is 58.8 Å². The maximum Gasteiger partial charge on any atom is 0.0414 e. The Morgan fingerprint density at radius 3 is 2.29 bits per heavy atom. The van der Waals surface area contributed by atoms with Gasteiger partial charge in [-0.1, -0.05) is 57.6 Å². The van der Waals surface area contributed by atoms with Crippen LogP contribution in [0.3, 0.4) is 0 Å². The Labute approximate surface area is 88.9 Å². The first-order chi connectivity index (χ1) is 6.72. The van der Waals surface area contributed by atoms with Crippen LogP contribution in [0, 0.1) is 0 Å². The van der Waals surface area contributed by atoms with Crippen molar-refractivity contribution in [3.05, 3.63) is 12.2 Å². The van der Waals surface area contributed by atoms with Crippen molar-refractivity contribution in [3.8, 4) is 0 Å². The van der Waals surface area contributed by atoms with Gasteiger partial charge in [0.15, 0.2) is 0 Å². The highest BCUT2D eigenvalue weighted by Gasteiger charge is 2.05. The van der Waals surface area contributed by atoms with E-state index in [0.29, 0.717) is 6.04 Å². The maximum absolute atomic E-state index is 5.43. The lowest BCUT2D eigenvalue weighted by Crippen LogP contribution is -2.35. The second-order valence-corrected chi connectivity index (χ2v) is 4.12. The zero-order chi connectivity index (χ0) is 10.8. The minimum Gasteiger partial charge on any atom is -0.271 e. The fraction of sp³-hybridized carbons (Fsp3) is 0.833. The van der Waals surface area contributed by atoms with E-state index in [4.69, 9.17) is 5.84 Å². The third-order valence-corrected chi connectivity index (χ3v) is 2.64. The summed E-state index contributed by atoms with van der Waals surface area (Å²) in [5.74, 6) is 5.43. The molecule has 0 saturated heterocycles. The minimum absolute atomic E-state index is 0.307. The van der Waals surface area contributed by atoms with E-state index in [-0.39, 0.29) is 0 Å². The van der Waals surface area contributed by atoms with Crippen LogP contribution >= 0.6 is 0 Å². The van der Waals surface area contributed by atoms with E-state index in [1.807, 2.05) is 6.92 Å². The highest BCUT2D eigenvalue weighted by atomic mass is 15.2. The van der Waals surface area contributed by atoms with Crippen molar-refractivity contribution in [1.29, 1.82) is 0 Å². The molecule has 0 fully saturated rings. The largest absolute Gasteiger partial charge is 0.271 e. The minimum atomic E-state index is 0.307. The number of unbranched alkanes of at least 4 members (excludes halogenated alkanes) is 5. The molecule has 0 saturated carbocycles. The normalized spacial score (nSPS) is 12.8. The van der Waals surface area contributed by atoms with Crippen molar-refractivity contribution >= 4 is 0 Å². The van der Waals surface area contributed by atoms with Gasteiger partial charge in [-0.25, -0.2) is 0 Å². The van der Waals surface area contributed by atoms with Gasteiger partial charge in [-0.05, 0) is 13.3 Å². The number of hydrazine groups is 1. The molecule has 3 N–H and O–H groups in total. The lowest BCUT2D eigenvalue weighted by atomic mass is 10.0. The Hall–Kier alpha value is -0.340. The van der Waals surface area contributed by atoms with Crippen molar-refractivity contribution < 1.29 is 0 Å². The van der Waals surface area contributed by atoms with E-state index in [1.54, 1.807) is 0 Å². The van der Waals surface area contributed by atoms with E-state index in [1.165, 1.54) is 38.5 Å². The Balaban J connectivity index is 3.29. The molecule has 0 aromatic carbocycles. The van der Waals surface area contributed by atoms with Crippen molar-refractivity contribution in [2.45, 2.75) is 64.8 Å². The van der Waals surface area contributed by atoms with Gasteiger partial charge < -0.3 is 0 Å². The van der Waals surface area contributed by atoms with Crippen molar-refractivity contribution in [3.63, 3.8) is 0 Å². The summed E-state index contributed by atoms with van der Waals surface area (Å²) in [6.07, 6.45) is 9.14. The van der Waals surface area contributed by atoms with E-state index in [2.05, 4.69) is 18.9 Å². The number of nitrogens with one attached hydrogen (secondary N) is 1. The molecule has 0 aliphatic rings. The van der Waals surface area contributed by atoms with E-state index in [0.717, 1.165) is 12.0 Å². The van der Waals surface area contributed by atoms with E-state index < -0.39 is 0 Å². The molecule has 0 aromatic rings. The molecule has 2 nitrogen and oxygen atoms in total. The van der Waals surface area contributed by atoms with Crippen LogP contribution in [0.4, 0.5) is 0 Å². The van der Waals surface area contributed by atoms with Crippen molar-refractivity contribution in [2.24, 2.45) is 5.84 Å². The molecule has 0 aliphatic carbocycles. The number of nitrogens with two attached hydrogens (primary N) is 1. The third kappa shape index (κ3) is 7.10. The average molecular weight is 198 g/mol. The highest BCUT2D eigenvalue weighted by molar-refractivity contribution is 5.00. The molecule has 14 heavy (non-hydrogen) atoms. The zero-order valence-corrected chi connectivity index (χ0v) is 9.81. The summed E-state index contributed by atoms with van der Waals surface area (Å²) in [5.41, 5.74) is 3.94. The molecule has 84 valence electrons. The number of hydrogen-bond donors (Lipinski definition) is 2. The molecular formula is C12H26N2. The predicted molar refractivity (Wildman–Crippen MR) is 63.9 cm³/mol. The monoisotopic (exact) mass is 198 g/mol. The van der Waals surface area contributed by atoms with Crippen LogP contribution in [0.5, 0.6) is 0 Å². The summed E-state index contributed by atoms with van der Waals surface area (Å²) in [7, 11) is 0. The van der Waals surface area contributed by atoms with Gasteiger partial charge in [-0.3, -0.25) is 11.3 Å². The molecule has 0 radical (unpaired) electrons. The lowest BCUT2D eigenvalue weighted by Gasteiger charge is -2.15. The first kappa shape index (κ1) is 13.7. The topological polar surface area (TPSA) is 38.0 Å². The smallest absolute Gasteiger partial charge is 0.0414 e. The lowest BCUT2D eigenvalue weighted by molar-refractivity contribution is 0.505. The fourth-order valence-corrected chi connectivity index (χ4v) is 1.60. The van der Waals surface area contributed by atoms with Crippen molar-refractivity contribution in [2.75, 3.05) is 0 Å².